The molecule has 27 heavy (non-hydrogen) atoms. The number of fused-ring (bicyclic) bond motifs is 3. The Morgan fingerprint density at radius 3 is 2.07 bits per heavy atom. The Morgan fingerprint density at radius 2 is 1.44 bits per heavy atom. The maximum Gasteiger partial charge on any atom is 0.202 e. The predicted octanol–water partition coefficient (Wildman–Crippen LogP) is 2.01. The van der Waals surface area contributed by atoms with E-state index in [0.717, 1.165) is 0 Å². The van der Waals surface area contributed by atoms with Crippen molar-refractivity contribution in [1.82, 2.24) is 0 Å². The number of hydrogen-bond acceptors (Lipinski definition) is 6. The van der Waals surface area contributed by atoms with Crippen LogP contribution in [0.5, 0.6) is 17.2 Å². The lowest BCUT2D eigenvalue weighted by molar-refractivity contribution is 0.404. The average molecular weight is 364 g/mol. The summed E-state index contributed by atoms with van der Waals surface area (Å²) in [5.74, 6) is 1.10. The van der Waals surface area contributed by atoms with E-state index in [0.29, 0.717) is 27.7 Å². The van der Waals surface area contributed by atoms with Crippen LogP contribution in [-0.4, -0.2) is 21.3 Å². The van der Waals surface area contributed by atoms with Gasteiger partial charge in [-0.2, -0.15) is 0 Å². The van der Waals surface area contributed by atoms with Crippen molar-refractivity contribution in [2.45, 2.75) is 6.92 Å². The van der Waals surface area contributed by atoms with Crippen LogP contribution in [0.15, 0.2) is 38.6 Å². The summed E-state index contributed by atoms with van der Waals surface area (Å²) in [5, 5.41) is 1.58. The normalized spacial score (nSPS) is 11.4. The molecule has 0 saturated carbocycles. The SMILES string of the molecule is COc1cccc2c(OC)c3c4c(=O)cc(C)c(=O)c=4c(=O)c3c(OC)c12. The Balaban J connectivity index is 2.54. The van der Waals surface area contributed by atoms with Crippen molar-refractivity contribution in [3.63, 3.8) is 0 Å². The molecule has 0 radical (unpaired) electrons. The summed E-state index contributed by atoms with van der Waals surface area (Å²) in [6, 6.07) is 6.56. The number of benzene rings is 2. The fourth-order valence-electron chi connectivity index (χ4n) is 3.84. The van der Waals surface area contributed by atoms with E-state index in [2.05, 4.69) is 0 Å². The summed E-state index contributed by atoms with van der Waals surface area (Å²) in [4.78, 5) is 38.5. The maximum absolute atomic E-state index is 13.2. The van der Waals surface area contributed by atoms with Gasteiger partial charge in [0.1, 0.15) is 17.2 Å². The molecule has 0 heterocycles. The first-order chi connectivity index (χ1) is 13.0. The van der Waals surface area contributed by atoms with E-state index in [9.17, 15) is 14.4 Å². The molecule has 6 heteroatoms. The first kappa shape index (κ1) is 17.0. The monoisotopic (exact) mass is 364 g/mol. The van der Waals surface area contributed by atoms with Crippen LogP contribution in [0, 0.1) is 17.4 Å². The third-order valence-electron chi connectivity index (χ3n) is 4.96. The largest absolute Gasteiger partial charge is 0.496 e. The highest BCUT2D eigenvalue weighted by Crippen LogP contribution is 2.45. The number of methoxy groups -OCH3 is 3. The summed E-state index contributed by atoms with van der Waals surface area (Å²) in [6.07, 6.45) is 0. The third kappa shape index (κ3) is 2.04. The summed E-state index contributed by atoms with van der Waals surface area (Å²) in [6.45, 7) is 1.52. The van der Waals surface area contributed by atoms with Crippen LogP contribution in [0.3, 0.4) is 0 Å². The smallest absolute Gasteiger partial charge is 0.202 e. The molecule has 0 aliphatic heterocycles. The van der Waals surface area contributed by atoms with E-state index in [-0.39, 0.29) is 27.1 Å². The van der Waals surface area contributed by atoms with E-state index < -0.39 is 16.3 Å². The molecule has 0 N–H and O–H groups in total. The van der Waals surface area contributed by atoms with Crippen molar-refractivity contribution >= 4 is 21.5 Å². The van der Waals surface area contributed by atoms with Gasteiger partial charge in [-0.3, -0.25) is 14.4 Å². The molecule has 2 aromatic carbocycles. The average Bonchev–Trinajstić information content (AvgIpc) is 2.97. The van der Waals surface area contributed by atoms with Crippen LogP contribution in [0.1, 0.15) is 5.56 Å². The van der Waals surface area contributed by atoms with Gasteiger partial charge in [0, 0.05) is 21.6 Å². The lowest BCUT2D eigenvalue weighted by Gasteiger charge is -2.15. The van der Waals surface area contributed by atoms with Crippen molar-refractivity contribution in [1.29, 1.82) is 0 Å². The van der Waals surface area contributed by atoms with E-state index in [1.165, 1.54) is 34.3 Å². The summed E-state index contributed by atoms with van der Waals surface area (Å²) < 4.78 is 16.6. The molecule has 0 saturated heterocycles. The van der Waals surface area contributed by atoms with Gasteiger partial charge in [-0.05, 0) is 19.1 Å². The van der Waals surface area contributed by atoms with Gasteiger partial charge in [0.15, 0.2) is 10.9 Å². The van der Waals surface area contributed by atoms with Gasteiger partial charge < -0.3 is 14.2 Å². The molecule has 2 aliphatic rings. The Morgan fingerprint density at radius 1 is 0.741 bits per heavy atom. The molecule has 2 aromatic rings. The zero-order chi connectivity index (χ0) is 19.5. The van der Waals surface area contributed by atoms with E-state index in [1.54, 1.807) is 18.2 Å². The molecule has 0 atom stereocenters. The Kier molecular flexibility index (Phi) is 3.66. The highest BCUT2D eigenvalue weighted by Gasteiger charge is 2.25. The van der Waals surface area contributed by atoms with Gasteiger partial charge in [0.25, 0.3) is 0 Å². The number of aryl methyl sites for hydroxylation is 1. The molecule has 0 fully saturated rings. The van der Waals surface area contributed by atoms with Crippen LogP contribution < -0.4 is 30.5 Å². The first-order valence-electron chi connectivity index (χ1n) is 8.27. The van der Waals surface area contributed by atoms with E-state index >= 15 is 0 Å². The van der Waals surface area contributed by atoms with Crippen molar-refractivity contribution in [2.24, 2.45) is 0 Å². The molecule has 0 aromatic heterocycles. The van der Waals surface area contributed by atoms with Gasteiger partial charge in [-0.1, -0.05) is 12.1 Å². The first-order valence-corrected chi connectivity index (χ1v) is 8.27. The molecule has 2 aliphatic carbocycles. The minimum absolute atomic E-state index is 0.0745. The van der Waals surface area contributed by atoms with Gasteiger partial charge >= 0.3 is 0 Å². The Labute approximate surface area is 152 Å². The van der Waals surface area contributed by atoms with E-state index in [4.69, 9.17) is 14.2 Å². The predicted molar refractivity (Wildman–Crippen MR) is 102 cm³/mol. The summed E-state index contributed by atoms with van der Waals surface area (Å²) in [7, 11) is 4.41. The minimum atomic E-state index is -0.534. The maximum atomic E-state index is 13.2. The number of ether oxygens (including phenoxy) is 3. The topological polar surface area (TPSA) is 78.9 Å². The fourth-order valence-corrected chi connectivity index (χ4v) is 3.84. The molecule has 0 unspecified atom stereocenters. The van der Waals surface area contributed by atoms with Crippen molar-refractivity contribution in [3.05, 3.63) is 70.9 Å². The second kappa shape index (κ2) is 5.81. The number of hydrogen-bond donors (Lipinski definition) is 0. The minimum Gasteiger partial charge on any atom is -0.496 e. The van der Waals surface area contributed by atoms with Gasteiger partial charge in [-0.15, -0.1) is 0 Å². The summed E-state index contributed by atoms with van der Waals surface area (Å²) in [5.41, 5.74) is -1.14. The fraction of sp³-hybridized carbons (Fsp3) is 0.190. The second-order valence-electron chi connectivity index (χ2n) is 6.30. The van der Waals surface area contributed by atoms with Crippen LogP contribution in [0.25, 0.3) is 21.5 Å². The van der Waals surface area contributed by atoms with Gasteiger partial charge in [0.05, 0.1) is 37.3 Å². The van der Waals surface area contributed by atoms with Crippen molar-refractivity contribution in [3.8, 4) is 17.2 Å². The quantitative estimate of drug-likeness (QED) is 0.553. The number of rotatable bonds is 3. The molecule has 0 bridgehead atoms. The summed E-state index contributed by atoms with van der Waals surface area (Å²) >= 11 is 0. The zero-order valence-corrected chi connectivity index (χ0v) is 15.3. The highest BCUT2D eigenvalue weighted by molar-refractivity contribution is 6.13. The zero-order valence-electron chi connectivity index (χ0n) is 15.3. The standard InChI is InChI=1S/C21H16O6/c1-9-8-11(22)14-15-17(19(24)16(14)18(9)23)21(27-4)13-10(20(15)26-3)6-5-7-12(13)25-2/h5-8H,1-4H3. The molecule has 4 rings (SSSR count). The second-order valence-corrected chi connectivity index (χ2v) is 6.30. The molecule has 0 spiro atoms. The van der Waals surface area contributed by atoms with Crippen molar-refractivity contribution in [2.75, 3.05) is 21.3 Å². The van der Waals surface area contributed by atoms with Crippen LogP contribution >= 0.6 is 0 Å². The highest BCUT2D eigenvalue weighted by atomic mass is 16.5. The van der Waals surface area contributed by atoms with Gasteiger partial charge in [-0.25, -0.2) is 0 Å². The Bertz CT molecular complexity index is 1440. The van der Waals surface area contributed by atoms with Crippen LogP contribution in [0.2, 0.25) is 0 Å². The molecule has 136 valence electrons. The van der Waals surface area contributed by atoms with Crippen LogP contribution in [0.4, 0.5) is 0 Å². The molecular formula is C21H16O6. The Hall–Kier alpha value is -3.41. The molecule has 6 nitrogen and oxygen atoms in total. The van der Waals surface area contributed by atoms with Gasteiger partial charge in [0.2, 0.25) is 5.43 Å². The molecular weight excluding hydrogens is 348 g/mol. The lowest BCUT2D eigenvalue weighted by atomic mass is 10.0. The molecule has 0 amide bonds. The lowest BCUT2D eigenvalue weighted by Crippen LogP contribution is -2.19. The van der Waals surface area contributed by atoms with E-state index in [1.807, 2.05) is 0 Å². The van der Waals surface area contributed by atoms with Crippen molar-refractivity contribution < 1.29 is 14.2 Å². The van der Waals surface area contributed by atoms with Crippen LogP contribution in [-0.2, 0) is 0 Å². The third-order valence-corrected chi connectivity index (χ3v) is 4.96.